The lowest BCUT2D eigenvalue weighted by atomic mass is 10.0. The van der Waals surface area contributed by atoms with E-state index in [-0.39, 0.29) is 23.7 Å². The number of carbonyl (C=O) groups is 3. The Morgan fingerprint density at radius 1 is 0.909 bits per heavy atom. The normalized spacial score (nSPS) is 13.3. The number of benzene rings is 2. The van der Waals surface area contributed by atoms with Gasteiger partial charge in [-0.15, -0.1) is 0 Å². The summed E-state index contributed by atoms with van der Waals surface area (Å²) in [4.78, 5) is 43.2. The largest absolute Gasteiger partial charge is 0.497 e. The van der Waals surface area contributed by atoms with Crippen LogP contribution >= 0.6 is 0 Å². The molecule has 166 valence electrons. The van der Waals surface area contributed by atoms with Gasteiger partial charge in [-0.05, 0) is 59.7 Å². The Kier molecular flexibility index (Phi) is 6.17. The fourth-order valence-electron chi connectivity index (χ4n) is 3.52. The first-order valence-electron chi connectivity index (χ1n) is 10.2. The minimum atomic E-state index is -0.423. The molecule has 3 amide bonds. The van der Waals surface area contributed by atoms with Gasteiger partial charge in [0, 0.05) is 30.7 Å². The van der Waals surface area contributed by atoms with Crippen LogP contribution in [0.4, 0.5) is 11.4 Å². The van der Waals surface area contributed by atoms with Crippen molar-refractivity contribution in [1.29, 1.82) is 0 Å². The number of methoxy groups -OCH3 is 1. The van der Waals surface area contributed by atoms with E-state index in [1.165, 1.54) is 11.8 Å². The molecule has 8 nitrogen and oxygen atoms in total. The highest BCUT2D eigenvalue weighted by atomic mass is 16.5. The Morgan fingerprint density at radius 3 is 2.15 bits per heavy atom. The Hall–Kier alpha value is -4.46. The highest BCUT2D eigenvalue weighted by Gasteiger charge is 2.39. The molecule has 2 N–H and O–H groups in total. The second kappa shape index (κ2) is 9.35. The van der Waals surface area contributed by atoms with Crippen LogP contribution in [0.1, 0.15) is 18.1 Å². The number of amides is 3. The van der Waals surface area contributed by atoms with Crippen molar-refractivity contribution in [3.05, 3.63) is 89.9 Å². The molecule has 8 heteroatoms. The summed E-state index contributed by atoms with van der Waals surface area (Å²) in [6.45, 7) is 1.55. The van der Waals surface area contributed by atoms with Gasteiger partial charge in [-0.25, -0.2) is 0 Å². The van der Waals surface area contributed by atoms with E-state index in [0.29, 0.717) is 22.7 Å². The molecule has 1 aromatic heterocycles. The third-order valence-electron chi connectivity index (χ3n) is 5.11. The Morgan fingerprint density at radius 2 is 1.55 bits per heavy atom. The number of hydrogen-bond donors (Lipinski definition) is 2. The number of pyridine rings is 1. The number of hydrogen-bond acceptors (Lipinski definition) is 6. The third-order valence-corrected chi connectivity index (χ3v) is 5.11. The molecule has 0 atom stereocenters. The van der Waals surface area contributed by atoms with Gasteiger partial charge < -0.3 is 15.4 Å². The second-order valence-corrected chi connectivity index (χ2v) is 7.41. The molecule has 0 bridgehead atoms. The smallest absolute Gasteiger partial charge is 0.278 e. The number of nitrogens with one attached hydrogen (secondary N) is 2. The molecule has 0 aliphatic carbocycles. The second-order valence-electron chi connectivity index (χ2n) is 7.41. The molecule has 2 heterocycles. The molecule has 0 unspecified atom stereocenters. The van der Waals surface area contributed by atoms with E-state index in [0.717, 1.165) is 5.56 Å². The van der Waals surface area contributed by atoms with Crippen LogP contribution in [-0.4, -0.2) is 34.7 Å². The maximum Gasteiger partial charge on any atom is 0.278 e. The lowest BCUT2D eigenvalue weighted by molar-refractivity contribution is -0.137. The van der Waals surface area contributed by atoms with Gasteiger partial charge in [0.05, 0.1) is 19.2 Å². The molecule has 0 radical (unpaired) electrons. The minimum absolute atomic E-state index is 0.126. The Labute approximate surface area is 190 Å². The van der Waals surface area contributed by atoms with Crippen molar-refractivity contribution in [2.75, 3.05) is 17.7 Å². The van der Waals surface area contributed by atoms with Crippen molar-refractivity contribution in [3.63, 3.8) is 0 Å². The monoisotopic (exact) mass is 442 g/mol. The van der Waals surface area contributed by atoms with Crippen molar-refractivity contribution in [2.45, 2.75) is 13.5 Å². The molecule has 4 rings (SSSR count). The maximum atomic E-state index is 13.4. The van der Waals surface area contributed by atoms with E-state index in [2.05, 4.69) is 15.6 Å². The number of nitrogens with zero attached hydrogens (tertiary/aromatic N) is 2. The Bertz CT molecular complexity index is 1220. The van der Waals surface area contributed by atoms with Crippen molar-refractivity contribution >= 4 is 34.7 Å². The minimum Gasteiger partial charge on any atom is -0.497 e. The lowest BCUT2D eigenvalue weighted by Crippen LogP contribution is -2.32. The van der Waals surface area contributed by atoms with E-state index < -0.39 is 11.8 Å². The summed E-state index contributed by atoms with van der Waals surface area (Å²) < 4.78 is 5.19. The quantitative estimate of drug-likeness (QED) is 0.544. The summed E-state index contributed by atoms with van der Waals surface area (Å²) in [6.07, 6.45) is 3.23. The first kappa shape index (κ1) is 21.8. The summed E-state index contributed by atoms with van der Waals surface area (Å²) in [5.41, 5.74) is 3.05. The summed E-state index contributed by atoms with van der Waals surface area (Å²) in [6, 6.07) is 17.4. The zero-order valence-electron chi connectivity index (χ0n) is 18.2. The fraction of sp³-hybridized carbons (Fsp3) is 0.120. The predicted molar refractivity (Wildman–Crippen MR) is 124 cm³/mol. The van der Waals surface area contributed by atoms with Gasteiger partial charge in [0.25, 0.3) is 11.8 Å². The topological polar surface area (TPSA) is 101 Å². The van der Waals surface area contributed by atoms with Gasteiger partial charge in [0.1, 0.15) is 11.4 Å². The molecule has 0 saturated carbocycles. The average Bonchev–Trinajstić information content (AvgIpc) is 3.05. The molecule has 1 aliphatic rings. The van der Waals surface area contributed by atoms with Gasteiger partial charge in [-0.1, -0.05) is 12.1 Å². The van der Waals surface area contributed by atoms with Crippen LogP contribution in [0.2, 0.25) is 0 Å². The molecule has 0 saturated heterocycles. The van der Waals surface area contributed by atoms with E-state index >= 15 is 0 Å². The molecular formula is C25H22N4O4. The van der Waals surface area contributed by atoms with Gasteiger partial charge in [0.15, 0.2) is 0 Å². The van der Waals surface area contributed by atoms with Crippen LogP contribution in [0.25, 0.3) is 5.57 Å². The first-order chi connectivity index (χ1) is 16.0. The van der Waals surface area contributed by atoms with E-state index in [9.17, 15) is 14.4 Å². The number of rotatable bonds is 7. The van der Waals surface area contributed by atoms with Crippen LogP contribution in [0.15, 0.2) is 78.8 Å². The summed E-state index contributed by atoms with van der Waals surface area (Å²) in [5.74, 6) is -0.343. The standard InChI is InChI=1S/C25H22N4O4/c1-16(30)27-19-5-3-18(4-6-19)22-23(28-20-7-9-21(33-2)10-8-20)25(32)29(24(22)31)15-17-11-13-26-14-12-17/h3-14,28H,15H2,1-2H3,(H,27,30). The SMILES string of the molecule is COc1ccc(NC2=C(c3ccc(NC(C)=O)cc3)C(=O)N(Cc3ccncc3)C2=O)cc1. The fourth-order valence-corrected chi connectivity index (χ4v) is 3.52. The molecule has 33 heavy (non-hydrogen) atoms. The number of anilines is 2. The highest BCUT2D eigenvalue weighted by Crippen LogP contribution is 2.32. The van der Waals surface area contributed by atoms with Crippen molar-refractivity contribution in [3.8, 4) is 5.75 Å². The predicted octanol–water partition coefficient (Wildman–Crippen LogP) is 3.44. The van der Waals surface area contributed by atoms with Crippen molar-refractivity contribution in [2.24, 2.45) is 0 Å². The molecule has 0 spiro atoms. The number of ether oxygens (including phenoxy) is 1. The van der Waals surface area contributed by atoms with Crippen LogP contribution in [-0.2, 0) is 20.9 Å². The lowest BCUT2D eigenvalue weighted by Gasteiger charge is -2.15. The summed E-state index contributed by atoms with van der Waals surface area (Å²) >= 11 is 0. The first-order valence-corrected chi connectivity index (χ1v) is 10.2. The van der Waals surface area contributed by atoms with Gasteiger partial charge in [-0.2, -0.15) is 0 Å². The van der Waals surface area contributed by atoms with Gasteiger partial charge in [0.2, 0.25) is 5.91 Å². The van der Waals surface area contributed by atoms with Crippen molar-refractivity contribution in [1.82, 2.24) is 9.88 Å². The van der Waals surface area contributed by atoms with E-state index in [1.54, 1.807) is 80.2 Å². The average molecular weight is 442 g/mol. The highest BCUT2D eigenvalue weighted by molar-refractivity contribution is 6.36. The molecule has 2 aromatic carbocycles. The molecule has 0 fully saturated rings. The van der Waals surface area contributed by atoms with Crippen molar-refractivity contribution < 1.29 is 19.1 Å². The molecular weight excluding hydrogens is 420 g/mol. The number of imide groups is 1. The summed E-state index contributed by atoms with van der Waals surface area (Å²) in [5, 5.41) is 5.81. The summed E-state index contributed by atoms with van der Waals surface area (Å²) in [7, 11) is 1.57. The molecule has 1 aliphatic heterocycles. The van der Waals surface area contributed by atoms with Gasteiger partial charge >= 0.3 is 0 Å². The third kappa shape index (κ3) is 4.74. The zero-order chi connectivity index (χ0) is 23.4. The maximum absolute atomic E-state index is 13.4. The number of carbonyl (C=O) groups excluding carboxylic acids is 3. The zero-order valence-corrected chi connectivity index (χ0v) is 18.2. The van der Waals surface area contributed by atoms with Crippen LogP contribution < -0.4 is 15.4 Å². The van der Waals surface area contributed by atoms with E-state index in [1.807, 2.05) is 0 Å². The number of aromatic nitrogens is 1. The van der Waals surface area contributed by atoms with Crippen LogP contribution in [0.5, 0.6) is 5.75 Å². The van der Waals surface area contributed by atoms with Crippen LogP contribution in [0.3, 0.4) is 0 Å². The molecule has 3 aromatic rings. The van der Waals surface area contributed by atoms with Crippen LogP contribution in [0, 0.1) is 0 Å². The van der Waals surface area contributed by atoms with E-state index in [4.69, 9.17) is 4.74 Å². The van der Waals surface area contributed by atoms with Gasteiger partial charge in [-0.3, -0.25) is 24.3 Å². The Balaban J connectivity index is 1.70.